The summed E-state index contributed by atoms with van der Waals surface area (Å²) in [6.07, 6.45) is 2.05. The molecule has 3 aromatic rings. The van der Waals surface area contributed by atoms with E-state index in [1.165, 1.54) is 5.69 Å². The SMILES string of the molecule is CNCc1c(N(C)Cc2cscn2)nc2ccccn12. The molecule has 0 atom stereocenters. The minimum Gasteiger partial charge on any atom is -0.352 e. The second-order valence-electron chi connectivity index (χ2n) is 4.68. The Bertz CT molecular complexity index is 689. The van der Waals surface area contributed by atoms with Crippen LogP contribution in [0.25, 0.3) is 5.65 Å². The molecule has 0 aromatic carbocycles. The summed E-state index contributed by atoms with van der Waals surface area (Å²) in [7, 11) is 4.01. The van der Waals surface area contributed by atoms with E-state index in [2.05, 4.69) is 38.2 Å². The highest BCUT2D eigenvalue weighted by Crippen LogP contribution is 2.22. The van der Waals surface area contributed by atoms with Crippen molar-refractivity contribution in [3.05, 3.63) is 46.7 Å². The van der Waals surface area contributed by atoms with Gasteiger partial charge >= 0.3 is 0 Å². The molecule has 0 aliphatic carbocycles. The van der Waals surface area contributed by atoms with Gasteiger partial charge in [0.1, 0.15) is 5.65 Å². The molecule has 104 valence electrons. The maximum absolute atomic E-state index is 4.74. The van der Waals surface area contributed by atoms with Gasteiger partial charge in [-0.2, -0.15) is 0 Å². The molecule has 0 saturated heterocycles. The van der Waals surface area contributed by atoms with E-state index in [9.17, 15) is 0 Å². The second-order valence-corrected chi connectivity index (χ2v) is 5.40. The molecule has 1 N–H and O–H groups in total. The molecular weight excluding hydrogens is 270 g/mol. The van der Waals surface area contributed by atoms with Crippen molar-refractivity contribution < 1.29 is 0 Å². The van der Waals surface area contributed by atoms with Crippen LogP contribution in [0.5, 0.6) is 0 Å². The molecule has 0 fully saturated rings. The molecule has 0 unspecified atom stereocenters. The predicted octanol–water partition coefficient (Wildman–Crippen LogP) is 2.15. The van der Waals surface area contributed by atoms with Gasteiger partial charge in [0.25, 0.3) is 0 Å². The maximum atomic E-state index is 4.74. The lowest BCUT2D eigenvalue weighted by Gasteiger charge is -2.17. The fourth-order valence-corrected chi connectivity index (χ4v) is 2.85. The van der Waals surface area contributed by atoms with Gasteiger partial charge in [-0.25, -0.2) is 9.97 Å². The Balaban J connectivity index is 1.98. The quantitative estimate of drug-likeness (QED) is 0.781. The summed E-state index contributed by atoms with van der Waals surface area (Å²) in [6.45, 7) is 1.55. The first kappa shape index (κ1) is 13.1. The number of anilines is 1. The van der Waals surface area contributed by atoms with Crippen molar-refractivity contribution in [3.8, 4) is 0 Å². The largest absolute Gasteiger partial charge is 0.352 e. The number of fused-ring (bicyclic) bond motifs is 1. The van der Waals surface area contributed by atoms with Crippen LogP contribution >= 0.6 is 11.3 Å². The van der Waals surface area contributed by atoms with Crippen molar-refractivity contribution in [1.82, 2.24) is 19.7 Å². The van der Waals surface area contributed by atoms with Crippen LogP contribution in [0.3, 0.4) is 0 Å². The molecule has 0 bridgehead atoms. The topological polar surface area (TPSA) is 45.5 Å². The lowest BCUT2D eigenvalue weighted by atomic mass is 10.3. The van der Waals surface area contributed by atoms with Crippen LogP contribution in [0.4, 0.5) is 5.82 Å². The maximum Gasteiger partial charge on any atom is 0.152 e. The molecule has 0 spiro atoms. The van der Waals surface area contributed by atoms with Crippen LogP contribution in [0.15, 0.2) is 35.3 Å². The number of thiazole rings is 1. The van der Waals surface area contributed by atoms with Gasteiger partial charge in [-0.05, 0) is 19.2 Å². The molecule has 0 radical (unpaired) electrons. The van der Waals surface area contributed by atoms with Crippen molar-refractivity contribution in [3.63, 3.8) is 0 Å². The van der Waals surface area contributed by atoms with E-state index < -0.39 is 0 Å². The van der Waals surface area contributed by atoms with Crippen molar-refractivity contribution in [2.45, 2.75) is 13.1 Å². The Morgan fingerprint density at radius 2 is 2.30 bits per heavy atom. The first-order valence-corrected chi connectivity index (χ1v) is 7.42. The van der Waals surface area contributed by atoms with Crippen LogP contribution in [0, 0.1) is 0 Å². The monoisotopic (exact) mass is 287 g/mol. The van der Waals surface area contributed by atoms with Crippen LogP contribution in [-0.4, -0.2) is 28.5 Å². The van der Waals surface area contributed by atoms with Crippen molar-refractivity contribution in [1.29, 1.82) is 0 Å². The third-order valence-corrected chi connectivity index (χ3v) is 3.83. The lowest BCUT2D eigenvalue weighted by molar-refractivity contribution is 0.769. The van der Waals surface area contributed by atoms with E-state index in [0.29, 0.717) is 0 Å². The fraction of sp³-hybridized carbons (Fsp3) is 0.286. The Labute approximate surface area is 121 Å². The normalized spacial score (nSPS) is 11.1. The van der Waals surface area contributed by atoms with Crippen molar-refractivity contribution >= 4 is 22.8 Å². The van der Waals surface area contributed by atoms with Gasteiger partial charge in [0.2, 0.25) is 0 Å². The first-order chi connectivity index (χ1) is 9.79. The van der Waals surface area contributed by atoms with E-state index in [1.54, 1.807) is 11.3 Å². The number of rotatable bonds is 5. The molecule has 3 rings (SSSR count). The fourth-order valence-electron chi connectivity index (χ4n) is 2.31. The van der Waals surface area contributed by atoms with Crippen LogP contribution in [0.2, 0.25) is 0 Å². The molecule has 20 heavy (non-hydrogen) atoms. The number of imidazole rings is 1. The average molecular weight is 287 g/mol. The summed E-state index contributed by atoms with van der Waals surface area (Å²) < 4.78 is 2.13. The summed E-state index contributed by atoms with van der Waals surface area (Å²) in [5.41, 5.74) is 5.07. The Hall–Kier alpha value is -1.92. The molecule has 0 amide bonds. The molecule has 0 saturated carbocycles. The zero-order valence-corrected chi connectivity index (χ0v) is 12.4. The van der Waals surface area contributed by atoms with Crippen molar-refractivity contribution in [2.24, 2.45) is 0 Å². The van der Waals surface area contributed by atoms with Crippen LogP contribution < -0.4 is 10.2 Å². The number of nitrogens with zero attached hydrogens (tertiary/aromatic N) is 4. The molecular formula is C14H17N5S. The minimum absolute atomic E-state index is 0.768. The van der Waals surface area contributed by atoms with Gasteiger partial charge in [-0.1, -0.05) is 6.07 Å². The lowest BCUT2D eigenvalue weighted by Crippen LogP contribution is -2.20. The highest BCUT2D eigenvalue weighted by atomic mass is 32.1. The molecule has 6 heteroatoms. The third-order valence-electron chi connectivity index (χ3n) is 3.20. The molecule has 0 aliphatic heterocycles. The van der Waals surface area contributed by atoms with Crippen molar-refractivity contribution in [2.75, 3.05) is 19.0 Å². The standard InChI is InChI=1S/C14H17N5S/c1-15-7-12-14(17-13-5-3-4-6-19(12)13)18(2)8-11-9-20-10-16-11/h3-6,9-10,15H,7-8H2,1-2H3. The Kier molecular flexibility index (Phi) is 3.66. The van der Waals surface area contributed by atoms with Gasteiger partial charge in [-0.15, -0.1) is 11.3 Å². The number of hydrogen-bond acceptors (Lipinski definition) is 5. The summed E-state index contributed by atoms with van der Waals surface area (Å²) in [5.74, 6) is 0.999. The van der Waals surface area contributed by atoms with Gasteiger partial charge < -0.3 is 14.6 Å². The average Bonchev–Trinajstić information content (AvgIpc) is 3.07. The Morgan fingerprint density at radius 3 is 3.05 bits per heavy atom. The smallest absolute Gasteiger partial charge is 0.152 e. The molecule has 0 aliphatic rings. The number of aromatic nitrogens is 3. The number of hydrogen-bond donors (Lipinski definition) is 1. The van der Waals surface area contributed by atoms with Crippen LogP contribution in [-0.2, 0) is 13.1 Å². The first-order valence-electron chi connectivity index (χ1n) is 6.48. The summed E-state index contributed by atoms with van der Waals surface area (Å²) in [4.78, 5) is 11.2. The van der Waals surface area contributed by atoms with E-state index in [-0.39, 0.29) is 0 Å². The zero-order valence-electron chi connectivity index (χ0n) is 11.6. The van der Waals surface area contributed by atoms with E-state index in [1.807, 2.05) is 30.8 Å². The summed E-state index contributed by atoms with van der Waals surface area (Å²) >= 11 is 1.62. The third kappa shape index (κ3) is 2.39. The Morgan fingerprint density at radius 1 is 1.40 bits per heavy atom. The van der Waals surface area contributed by atoms with Crippen LogP contribution in [0.1, 0.15) is 11.4 Å². The minimum atomic E-state index is 0.768. The number of pyridine rings is 1. The van der Waals surface area contributed by atoms with Gasteiger partial charge in [0.15, 0.2) is 5.82 Å². The number of nitrogens with one attached hydrogen (secondary N) is 1. The highest BCUT2D eigenvalue weighted by molar-refractivity contribution is 7.07. The van der Waals surface area contributed by atoms with Gasteiger partial charge in [0, 0.05) is 25.2 Å². The van der Waals surface area contributed by atoms with Gasteiger partial charge in [-0.3, -0.25) is 0 Å². The van der Waals surface area contributed by atoms with E-state index >= 15 is 0 Å². The summed E-state index contributed by atoms with van der Waals surface area (Å²) in [5, 5.41) is 5.29. The van der Waals surface area contributed by atoms with E-state index in [4.69, 9.17) is 4.98 Å². The van der Waals surface area contributed by atoms with E-state index in [0.717, 1.165) is 30.2 Å². The highest BCUT2D eigenvalue weighted by Gasteiger charge is 2.15. The zero-order chi connectivity index (χ0) is 13.9. The summed E-state index contributed by atoms with van der Waals surface area (Å²) in [6, 6.07) is 6.06. The molecule has 3 heterocycles. The predicted molar refractivity (Wildman–Crippen MR) is 82.2 cm³/mol. The second kappa shape index (κ2) is 5.60. The molecule has 3 aromatic heterocycles. The molecule has 5 nitrogen and oxygen atoms in total. The van der Waals surface area contributed by atoms with Gasteiger partial charge in [0.05, 0.1) is 23.4 Å².